The van der Waals surface area contributed by atoms with Crippen LogP contribution in [0, 0.1) is 12.7 Å². The number of aryl methyl sites for hydroxylation is 1. The summed E-state index contributed by atoms with van der Waals surface area (Å²) in [5.74, 6) is -0.433. The average Bonchev–Trinajstić information content (AvgIpc) is 2.82. The van der Waals surface area contributed by atoms with Crippen LogP contribution in [-0.2, 0) is 20.3 Å². The Labute approximate surface area is 125 Å². The topological polar surface area (TPSA) is 74.1 Å². The fraction of sp³-hybridized carbons (Fsp3) is 0.333. The molecule has 0 saturated carbocycles. The average molecular weight is 334 g/mol. The van der Waals surface area contributed by atoms with Crippen LogP contribution in [0.15, 0.2) is 23.4 Å². The number of nitrogens with zero attached hydrogens (tertiary/aromatic N) is 3. The molecule has 6 nitrogen and oxygen atoms in total. The summed E-state index contributed by atoms with van der Waals surface area (Å²) >= 11 is 0. The van der Waals surface area contributed by atoms with Gasteiger partial charge >= 0.3 is 0 Å². The highest BCUT2D eigenvalue weighted by Crippen LogP contribution is 2.25. The monoisotopic (exact) mass is 333 g/mol. The smallest absolute Gasteiger partial charge is 0.296 e. The third kappa shape index (κ3) is 3.39. The highest BCUT2D eigenvalue weighted by molar-refractivity contribution is 8.13. The highest BCUT2D eigenvalue weighted by atomic mass is 35.7. The molecule has 1 aromatic carbocycles. The molecule has 1 heterocycles. The first-order valence-corrected chi connectivity index (χ1v) is 8.29. The zero-order valence-corrected chi connectivity index (χ0v) is 12.9. The number of halogens is 2. The predicted octanol–water partition coefficient (Wildman–Crippen LogP) is 1.97. The first-order valence-electron chi connectivity index (χ1n) is 5.98. The third-order valence-electron chi connectivity index (χ3n) is 2.82. The summed E-state index contributed by atoms with van der Waals surface area (Å²) in [4.78, 5) is 0. The maximum absolute atomic E-state index is 14.0. The molecule has 0 bridgehead atoms. The Bertz CT molecular complexity index is 761. The molecule has 0 spiro atoms. The number of hydrogen-bond acceptors (Lipinski definition) is 5. The van der Waals surface area contributed by atoms with E-state index in [1.54, 1.807) is 19.1 Å². The molecule has 0 radical (unpaired) electrons. The summed E-state index contributed by atoms with van der Waals surface area (Å²) in [6.45, 7) is 2.13. The van der Waals surface area contributed by atoms with Gasteiger partial charge in [-0.2, -0.15) is 0 Å². The minimum absolute atomic E-state index is 0.0903. The van der Waals surface area contributed by atoms with Gasteiger partial charge in [0.1, 0.15) is 5.82 Å². The van der Waals surface area contributed by atoms with E-state index in [9.17, 15) is 12.8 Å². The van der Waals surface area contributed by atoms with Crippen molar-refractivity contribution in [3.63, 3.8) is 0 Å². The van der Waals surface area contributed by atoms with E-state index in [1.165, 1.54) is 17.7 Å². The maximum Gasteiger partial charge on any atom is 0.296 e. The second-order valence-corrected chi connectivity index (χ2v) is 6.83. The van der Waals surface area contributed by atoms with E-state index < -0.39 is 20.0 Å². The number of benzene rings is 1. The molecule has 2 rings (SSSR count). The molecule has 0 fully saturated rings. The number of aromatic nitrogens is 3. The lowest BCUT2D eigenvalue weighted by Gasteiger charge is -2.09. The van der Waals surface area contributed by atoms with E-state index in [4.69, 9.17) is 15.4 Å². The Kier molecular flexibility index (Phi) is 4.60. The third-order valence-corrected chi connectivity index (χ3v) is 3.97. The van der Waals surface area contributed by atoms with E-state index in [2.05, 4.69) is 10.2 Å². The lowest BCUT2D eigenvalue weighted by molar-refractivity contribution is 0.185. The summed E-state index contributed by atoms with van der Waals surface area (Å²) in [6.07, 6.45) is 0. The molecule has 0 aliphatic rings. The van der Waals surface area contributed by atoms with Gasteiger partial charge in [-0.3, -0.25) is 4.57 Å². The highest BCUT2D eigenvalue weighted by Gasteiger charge is 2.24. The Morgan fingerprint density at radius 1 is 1.38 bits per heavy atom. The van der Waals surface area contributed by atoms with Gasteiger partial charge in [-0.1, -0.05) is 11.6 Å². The van der Waals surface area contributed by atoms with Gasteiger partial charge in [-0.05, 0) is 19.1 Å². The zero-order valence-electron chi connectivity index (χ0n) is 11.4. The summed E-state index contributed by atoms with van der Waals surface area (Å²) in [7, 11) is 2.70. The van der Waals surface area contributed by atoms with Crippen LogP contribution in [0.3, 0.4) is 0 Å². The van der Waals surface area contributed by atoms with Crippen molar-refractivity contribution in [1.29, 1.82) is 0 Å². The molecule has 0 aliphatic heterocycles. The van der Waals surface area contributed by atoms with E-state index in [0.29, 0.717) is 0 Å². The van der Waals surface area contributed by atoms with Gasteiger partial charge in [0.25, 0.3) is 14.2 Å². The Morgan fingerprint density at radius 2 is 2.10 bits per heavy atom. The van der Waals surface area contributed by atoms with Crippen molar-refractivity contribution >= 4 is 19.7 Å². The van der Waals surface area contributed by atoms with Crippen LogP contribution < -0.4 is 0 Å². The molecular formula is C12H13ClFN3O3S. The van der Waals surface area contributed by atoms with Crippen LogP contribution in [-0.4, -0.2) is 36.9 Å². The maximum atomic E-state index is 14.0. The molecule has 114 valence electrons. The van der Waals surface area contributed by atoms with Gasteiger partial charge in [0.2, 0.25) is 0 Å². The molecule has 0 saturated heterocycles. The molecule has 0 N–H and O–H groups in total. The van der Waals surface area contributed by atoms with Crippen molar-refractivity contribution in [2.24, 2.45) is 0 Å². The Morgan fingerprint density at radius 3 is 2.71 bits per heavy atom. The molecule has 0 aliphatic carbocycles. The number of hydrogen-bond donors (Lipinski definition) is 0. The molecule has 0 amide bonds. The van der Waals surface area contributed by atoms with Gasteiger partial charge in [0.15, 0.2) is 5.82 Å². The van der Waals surface area contributed by atoms with E-state index >= 15 is 0 Å². The second-order valence-electron chi connectivity index (χ2n) is 4.37. The number of ether oxygens (including phenoxy) is 1. The van der Waals surface area contributed by atoms with Gasteiger partial charge in [-0.25, -0.2) is 12.8 Å². The van der Waals surface area contributed by atoms with Gasteiger partial charge in [0, 0.05) is 17.8 Å². The SMILES string of the molecule is COCCn1c(-c2cc(C)ccc2F)nnc1S(=O)(=O)Cl. The lowest BCUT2D eigenvalue weighted by Crippen LogP contribution is -2.12. The van der Waals surface area contributed by atoms with Crippen molar-refractivity contribution in [2.75, 3.05) is 13.7 Å². The van der Waals surface area contributed by atoms with E-state index in [1.807, 2.05) is 0 Å². The predicted molar refractivity (Wildman–Crippen MR) is 75.1 cm³/mol. The van der Waals surface area contributed by atoms with Crippen LogP contribution in [0.1, 0.15) is 5.56 Å². The van der Waals surface area contributed by atoms with Gasteiger partial charge in [-0.15, -0.1) is 10.2 Å². The fourth-order valence-electron chi connectivity index (χ4n) is 1.86. The molecule has 0 unspecified atom stereocenters. The van der Waals surface area contributed by atoms with Crippen molar-refractivity contribution in [3.05, 3.63) is 29.6 Å². The lowest BCUT2D eigenvalue weighted by atomic mass is 10.1. The first-order chi connectivity index (χ1) is 9.84. The van der Waals surface area contributed by atoms with Crippen molar-refractivity contribution < 1.29 is 17.5 Å². The largest absolute Gasteiger partial charge is 0.383 e. The van der Waals surface area contributed by atoms with Crippen LogP contribution in [0.5, 0.6) is 0 Å². The Hall–Kier alpha value is -1.51. The second kappa shape index (κ2) is 6.08. The molecule has 1 aromatic heterocycles. The van der Waals surface area contributed by atoms with Crippen molar-refractivity contribution in [2.45, 2.75) is 18.6 Å². The summed E-state index contributed by atoms with van der Waals surface area (Å²) in [6, 6.07) is 4.45. The molecule has 0 atom stereocenters. The zero-order chi connectivity index (χ0) is 15.6. The fourth-order valence-corrected chi connectivity index (χ4v) is 2.78. The first kappa shape index (κ1) is 15.9. The molecule has 21 heavy (non-hydrogen) atoms. The summed E-state index contributed by atoms with van der Waals surface area (Å²) < 4.78 is 43.2. The van der Waals surface area contributed by atoms with Gasteiger partial charge < -0.3 is 4.74 Å². The normalized spacial score (nSPS) is 11.8. The van der Waals surface area contributed by atoms with Crippen LogP contribution in [0.2, 0.25) is 0 Å². The summed E-state index contributed by atoms with van der Waals surface area (Å²) in [5.41, 5.74) is 0.966. The quantitative estimate of drug-likeness (QED) is 0.782. The van der Waals surface area contributed by atoms with E-state index in [0.717, 1.165) is 5.56 Å². The molecule has 9 heteroatoms. The van der Waals surface area contributed by atoms with Crippen LogP contribution in [0.25, 0.3) is 11.4 Å². The summed E-state index contributed by atoms with van der Waals surface area (Å²) in [5, 5.41) is 6.89. The standard InChI is InChI=1S/C12H13ClFN3O3S/c1-8-3-4-10(14)9(7-8)11-15-16-12(21(13,18)19)17(11)5-6-20-2/h3-4,7H,5-6H2,1-2H3. The van der Waals surface area contributed by atoms with E-state index in [-0.39, 0.29) is 24.5 Å². The molecule has 2 aromatic rings. The van der Waals surface area contributed by atoms with Crippen molar-refractivity contribution in [3.8, 4) is 11.4 Å². The van der Waals surface area contributed by atoms with Crippen LogP contribution in [0.4, 0.5) is 4.39 Å². The minimum Gasteiger partial charge on any atom is -0.383 e. The minimum atomic E-state index is -4.09. The number of methoxy groups -OCH3 is 1. The van der Waals surface area contributed by atoms with Crippen LogP contribution >= 0.6 is 10.7 Å². The van der Waals surface area contributed by atoms with Gasteiger partial charge in [0.05, 0.1) is 18.7 Å². The molecular weight excluding hydrogens is 321 g/mol. The Balaban J connectivity index is 2.63. The number of rotatable bonds is 5. The van der Waals surface area contributed by atoms with Crippen molar-refractivity contribution in [1.82, 2.24) is 14.8 Å².